The number of hydrogen-bond donors (Lipinski definition) is 1. The molecule has 1 atom stereocenters. The average molecular weight is 394 g/mol. The number of methoxy groups -OCH3 is 1. The summed E-state index contributed by atoms with van der Waals surface area (Å²) in [4.78, 5) is 12.4. The molecule has 0 bridgehead atoms. The second-order valence-electron chi connectivity index (χ2n) is 9.09. The van der Waals surface area contributed by atoms with Crippen LogP contribution in [0.2, 0.25) is 13.1 Å². The lowest BCUT2D eigenvalue weighted by Crippen LogP contribution is -2.33. The highest BCUT2D eigenvalue weighted by molar-refractivity contribution is 6.78. The van der Waals surface area contributed by atoms with Crippen molar-refractivity contribution in [2.24, 2.45) is 5.73 Å². The quantitative estimate of drug-likeness (QED) is 0.780. The molecular weight excluding hydrogens is 362 g/mol. The van der Waals surface area contributed by atoms with E-state index in [4.69, 9.17) is 10.5 Å². The number of benzene rings is 1. The van der Waals surface area contributed by atoms with Crippen molar-refractivity contribution < 1.29 is 9.53 Å². The van der Waals surface area contributed by atoms with Crippen LogP contribution in [0.5, 0.6) is 0 Å². The molecule has 0 fully saturated rings. The molecule has 4 heteroatoms. The van der Waals surface area contributed by atoms with Crippen LogP contribution in [0, 0.1) is 0 Å². The zero-order chi connectivity index (χ0) is 20.8. The third kappa shape index (κ3) is 3.63. The first-order valence-corrected chi connectivity index (χ1v) is 12.3. The number of ether oxygens (including phenoxy) is 1. The molecule has 1 aromatic rings. The van der Waals surface area contributed by atoms with Crippen LogP contribution in [0.25, 0.3) is 11.6 Å². The lowest BCUT2D eigenvalue weighted by molar-refractivity contribution is -0.114. The van der Waals surface area contributed by atoms with Gasteiger partial charge in [0.2, 0.25) is 5.91 Å². The van der Waals surface area contributed by atoms with Crippen molar-refractivity contribution in [2.45, 2.75) is 58.7 Å². The number of rotatable bonds is 3. The Morgan fingerprint density at radius 1 is 1.25 bits per heavy atom. The number of carbonyl (C=O) groups is 1. The van der Waals surface area contributed by atoms with Gasteiger partial charge in [0.05, 0.1) is 6.10 Å². The third-order valence-electron chi connectivity index (χ3n) is 5.60. The van der Waals surface area contributed by atoms with Gasteiger partial charge < -0.3 is 10.5 Å². The Bertz CT molecular complexity index is 967. The van der Waals surface area contributed by atoms with Crippen LogP contribution in [-0.2, 0) is 21.4 Å². The number of primary amides is 1. The van der Waals surface area contributed by atoms with Gasteiger partial charge in [0.15, 0.2) is 0 Å². The van der Waals surface area contributed by atoms with Crippen LogP contribution < -0.4 is 5.73 Å². The van der Waals surface area contributed by atoms with Crippen molar-refractivity contribution in [1.29, 1.82) is 0 Å². The van der Waals surface area contributed by atoms with Crippen molar-refractivity contribution in [1.82, 2.24) is 0 Å². The van der Waals surface area contributed by atoms with E-state index in [2.05, 4.69) is 59.0 Å². The molecule has 0 aromatic heterocycles. The largest absolute Gasteiger partial charge is 0.373 e. The summed E-state index contributed by atoms with van der Waals surface area (Å²) < 4.78 is 5.79. The Hall–Kier alpha value is -2.04. The van der Waals surface area contributed by atoms with E-state index in [0.717, 1.165) is 17.6 Å². The fourth-order valence-electron chi connectivity index (χ4n) is 4.15. The van der Waals surface area contributed by atoms with Crippen LogP contribution in [-0.4, -0.2) is 32.7 Å². The van der Waals surface area contributed by atoms with E-state index in [1.54, 1.807) is 7.11 Å². The first-order chi connectivity index (χ1) is 13.0. The highest BCUT2D eigenvalue weighted by atomic mass is 28.2. The van der Waals surface area contributed by atoms with Crippen LogP contribution in [0.4, 0.5) is 0 Å². The van der Waals surface area contributed by atoms with Gasteiger partial charge in [-0.05, 0) is 57.8 Å². The molecule has 1 amide bonds. The summed E-state index contributed by atoms with van der Waals surface area (Å²) in [5.74, 6) is -0.376. The van der Waals surface area contributed by atoms with E-state index < -0.39 is 8.41 Å². The summed E-state index contributed by atoms with van der Waals surface area (Å²) in [5.41, 5.74) is 13.8. The second kappa shape index (κ2) is 7.41. The van der Waals surface area contributed by atoms with E-state index in [0.29, 0.717) is 5.57 Å². The Balaban J connectivity index is 2.40. The molecule has 2 aliphatic carbocycles. The molecule has 0 saturated carbocycles. The van der Waals surface area contributed by atoms with Gasteiger partial charge in [-0.15, -0.1) is 0 Å². The fourth-order valence-corrected chi connectivity index (χ4v) is 5.70. The number of carbonyl (C=O) groups excluding carboxylic acids is 1. The highest BCUT2D eigenvalue weighted by Gasteiger charge is 2.30. The Morgan fingerprint density at radius 2 is 1.93 bits per heavy atom. The van der Waals surface area contributed by atoms with Crippen molar-refractivity contribution >= 4 is 31.1 Å². The maximum Gasteiger partial charge on any atom is 0.249 e. The van der Waals surface area contributed by atoms with Gasteiger partial charge in [0.25, 0.3) is 0 Å². The van der Waals surface area contributed by atoms with Crippen molar-refractivity contribution in [2.75, 3.05) is 7.11 Å². The summed E-state index contributed by atoms with van der Waals surface area (Å²) >= 11 is 0. The van der Waals surface area contributed by atoms with Gasteiger partial charge in [0.1, 0.15) is 0 Å². The molecule has 1 unspecified atom stereocenters. The van der Waals surface area contributed by atoms with E-state index in [1.807, 2.05) is 12.2 Å². The molecule has 148 valence electrons. The summed E-state index contributed by atoms with van der Waals surface area (Å²) in [6.45, 7) is 13.4. The zero-order valence-electron chi connectivity index (χ0n) is 18.1. The van der Waals surface area contributed by atoms with Crippen LogP contribution in [0.1, 0.15) is 49.9 Å². The van der Waals surface area contributed by atoms with Crippen molar-refractivity contribution in [3.63, 3.8) is 0 Å². The van der Waals surface area contributed by atoms with Crippen LogP contribution in [0.3, 0.4) is 0 Å². The standard InChI is InChI=1S/C24H31NO2Si/c1-14-10-15-12-16(24(2,3)4)13-19(18(15)11-14)21-17(23(25)26)8-9-20(27-5)22(21)28(6)7/h8-10,12-13,20H,11H2,1-7H3,(H2,25,26). The molecule has 2 N–H and O–H groups in total. The molecule has 0 aliphatic heterocycles. The average Bonchev–Trinajstić information content (AvgIpc) is 2.98. The Morgan fingerprint density at radius 3 is 2.46 bits per heavy atom. The summed E-state index contributed by atoms with van der Waals surface area (Å²) in [6.07, 6.45) is 6.90. The molecule has 1 aromatic carbocycles. The Kier molecular flexibility index (Phi) is 5.48. The zero-order valence-corrected chi connectivity index (χ0v) is 19.1. The van der Waals surface area contributed by atoms with Crippen LogP contribution in [0.15, 0.2) is 35.4 Å². The van der Waals surface area contributed by atoms with E-state index in [9.17, 15) is 4.79 Å². The van der Waals surface area contributed by atoms with Gasteiger partial charge in [-0.3, -0.25) is 4.79 Å². The second-order valence-corrected chi connectivity index (χ2v) is 11.6. The van der Waals surface area contributed by atoms with Crippen molar-refractivity contribution in [3.05, 3.63) is 57.7 Å². The van der Waals surface area contributed by atoms with E-state index >= 15 is 0 Å². The Labute approximate surface area is 170 Å². The van der Waals surface area contributed by atoms with Crippen LogP contribution >= 0.6 is 0 Å². The summed E-state index contributed by atoms with van der Waals surface area (Å²) in [5, 5.41) is 1.22. The molecule has 0 radical (unpaired) electrons. The fraction of sp³-hybridized carbons (Fsp3) is 0.417. The number of nitrogens with two attached hydrogens (primary N) is 1. The van der Waals surface area contributed by atoms with E-state index in [1.165, 1.54) is 27.4 Å². The first-order valence-electron chi connectivity index (χ1n) is 9.82. The maximum atomic E-state index is 12.4. The smallest absolute Gasteiger partial charge is 0.249 e. The third-order valence-corrected chi connectivity index (χ3v) is 7.21. The molecule has 28 heavy (non-hydrogen) atoms. The minimum Gasteiger partial charge on any atom is -0.373 e. The maximum absolute atomic E-state index is 12.4. The lowest BCUT2D eigenvalue weighted by Gasteiger charge is -2.29. The topological polar surface area (TPSA) is 52.3 Å². The highest BCUT2D eigenvalue weighted by Crippen LogP contribution is 2.39. The predicted octanol–water partition coefficient (Wildman–Crippen LogP) is 4.28. The van der Waals surface area contributed by atoms with Crippen molar-refractivity contribution in [3.8, 4) is 0 Å². The monoisotopic (exact) mass is 393 g/mol. The minimum absolute atomic E-state index is 0.0130. The molecule has 3 nitrogen and oxygen atoms in total. The molecule has 3 rings (SSSR count). The number of hydrogen-bond acceptors (Lipinski definition) is 2. The predicted molar refractivity (Wildman–Crippen MR) is 121 cm³/mol. The summed E-state index contributed by atoms with van der Waals surface area (Å²) in [6, 6.07) is 4.58. The molecule has 2 aliphatic rings. The van der Waals surface area contributed by atoms with Gasteiger partial charge in [-0.1, -0.05) is 63.7 Å². The van der Waals surface area contributed by atoms with Gasteiger partial charge in [-0.2, -0.15) is 0 Å². The molecular formula is C24H31NO2Si. The normalized spacial score (nSPS) is 19.0. The summed E-state index contributed by atoms with van der Waals surface area (Å²) in [7, 11) is 0.854. The molecule has 0 heterocycles. The number of allylic oxidation sites excluding steroid dienone is 1. The van der Waals surface area contributed by atoms with Gasteiger partial charge >= 0.3 is 0 Å². The minimum atomic E-state index is -0.877. The SMILES string of the molecule is COC1C=CC(C(N)=O)=C(c2cc(C(C)(C)C)cc3c2CC(C)=C3)C1=[Si](C)C. The molecule has 0 saturated heterocycles. The van der Waals surface area contributed by atoms with E-state index in [-0.39, 0.29) is 17.4 Å². The van der Waals surface area contributed by atoms with Gasteiger partial charge in [-0.25, -0.2) is 0 Å². The number of fused-ring (bicyclic) bond motifs is 1. The first kappa shape index (κ1) is 20.7. The van der Waals surface area contributed by atoms with Gasteiger partial charge in [0, 0.05) is 21.1 Å². The molecule has 0 spiro atoms. The number of amides is 1. The lowest BCUT2D eigenvalue weighted by atomic mass is 9.80.